The number of hydrogen-bond donors (Lipinski definition) is 2. The summed E-state index contributed by atoms with van der Waals surface area (Å²) >= 11 is 0. The van der Waals surface area contributed by atoms with Crippen LogP contribution in [-0.2, 0) is 44.2 Å². The van der Waals surface area contributed by atoms with Gasteiger partial charge in [-0.25, -0.2) is 25.9 Å². The molecule has 11 heteroatoms. The quantitative estimate of drug-likeness (QED) is 0.523. The topological polar surface area (TPSA) is 114 Å². The van der Waals surface area contributed by atoms with Gasteiger partial charge < -0.3 is 4.57 Å². The monoisotopic (exact) mass is 493 g/mol. The molecule has 2 N–H and O–H groups in total. The zero-order valence-electron chi connectivity index (χ0n) is 17.9. The van der Waals surface area contributed by atoms with Crippen molar-refractivity contribution in [1.29, 1.82) is 0 Å². The summed E-state index contributed by atoms with van der Waals surface area (Å²) in [6.07, 6.45) is 2.55. The highest BCUT2D eigenvalue weighted by Crippen LogP contribution is 2.33. The van der Waals surface area contributed by atoms with Gasteiger partial charge in [0.25, 0.3) is 0 Å². The lowest BCUT2D eigenvalue weighted by Crippen LogP contribution is -2.39. The summed E-state index contributed by atoms with van der Waals surface area (Å²) in [6.45, 7) is 0.309. The molecular weight excluding hydrogens is 469 g/mol. The smallest absolute Gasteiger partial charge is 0.240 e. The summed E-state index contributed by atoms with van der Waals surface area (Å²) in [7, 11) is -7.42. The first kappa shape index (κ1) is 23.4. The molecule has 1 heterocycles. The van der Waals surface area contributed by atoms with Crippen molar-refractivity contribution in [3.8, 4) is 0 Å². The summed E-state index contributed by atoms with van der Waals surface area (Å²) < 4.78 is 68.0. The van der Waals surface area contributed by atoms with Crippen LogP contribution in [0.3, 0.4) is 0 Å². The SMILES string of the molecule is CS(=O)(=O)NC(=O)CCn1c2c(c3ccccc31)CC(NS(=O)(=O)c1ccc(F)cc1)CC2. The van der Waals surface area contributed by atoms with E-state index in [9.17, 15) is 26.0 Å². The van der Waals surface area contributed by atoms with Gasteiger partial charge in [-0.05, 0) is 55.2 Å². The van der Waals surface area contributed by atoms with Gasteiger partial charge in [0.05, 0.1) is 11.2 Å². The molecule has 8 nitrogen and oxygen atoms in total. The van der Waals surface area contributed by atoms with E-state index < -0.39 is 31.8 Å². The molecule has 0 fully saturated rings. The Morgan fingerprint density at radius 1 is 1.09 bits per heavy atom. The van der Waals surface area contributed by atoms with E-state index in [-0.39, 0.29) is 17.4 Å². The average Bonchev–Trinajstić information content (AvgIpc) is 3.04. The van der Waals surface area contributed by atoms with Gasteiger partial charge in [-0.1, -0.05) is 18.2 Å². The first-order valence-electron chi connectivity index (χ1n) is 10.4. The van der Waals surface area contributed by atoms with Crippen LogP contribution in [-0.4, -0.2) is 39.6 Å². The summed E-state index contributed by atoms with van der Waals surface area (Å²) in [5, 5.41) is 0.974. The predicted molar refractivity (Wildman–Crippen MR) is 122 cm³/mol. The summed E-state index contributed by atoms with van der Waals surface area (Å²) in [5.74, 6) is -1.08. The predicted octanol–water partition coefficient (Wildman–Crippen LogP) is 2.08. The lowest BCUT2D eigenvalue weighted by molar-refractivity contribution is -0.119. The number of nitrogens with zero attached hydrogens (tertiary/aromatic N) is 1. The van der Waals surface area contributed by atoms with Crippen LogP contribution >= 0.6 is 0 Å². The summed E-state index contributed by atoms with van der Waals surface area (Å²) in [6, 6.07) is 12.0. The minimum atomic E-state index is -3.80. The van der Waals surface area contributed by atoms with E-state index in [1.54, 1.807) is 0 Å². The van der Waals surface area contributed by atoms with E-state index in [0.717, 1.165) is 40.5 Å². The summed E-state index contributed by atoms with van der Waals surface area (Å²) in [4.78, 5) is 12.0. The highest BCUT2D eigenvalue weighted by atomic mass is 32.2. The van der Waals surface area contributed by atoms with Gasteiger partial charge in [0, 0.05) is 35.6 Å². The second-order valence-electron chi connectivity index (χ2n) is 8.16. The molecule has 1 aliphatic rings. The lowest BCUT2D eigenvalue weighted by atomic mass is 9.92. The second kappa shape index (κ2) is 8.88. The Morgan fingerprint density at radius 2 is 1.79 bits per heavy atom. The Morgan fingerprint density at radius 3 is 2.48 bits per heavy atom. The van der Waals surface area contributed by atoms with Crippen LogP contribution in [0.2, 0.25) is 0 Å². The van der Waals surface area contributed by atoms with E-state index in [4.69, 9.17) is 0 Å². The molecule has 0 saturated carbocycles. The van der Waals surface area contributed by atoms with Gasteiger partial charge in [0.2, 0.25) is 26.0 Å². The first-order chi connectivity index (χ1) is 15.5. The van der Waals surface area contributed by atoms with E-state index in [2.05, 4.69) is 4.72 Å². The number of carbonyl (C=O) groups excluding carboxylic acids is 1. The van der Waals surface area contributed by atoms with Crippen molar-refractivity contribution in [3.05, 3.63) is 65.6 Å². The number of halogens is 1. The summed E-state index contributed by atoms with van der Waals surface area (Å²) in [5.41, 5.74) is 2.93. The van der Waals surface area contributed by atoms with Gasteiger partial charge >= 0.3 is 0 Å². The molecule has 1 aromatic heterocycles. The Hall–Kier alpha value is -2.76. The molecule has 1 unspecified atom stereocenters. The first-order valence-corrected chi connectivity index (χ1v) is 13.8. The molecule has 1 aliphatic carbocycles. The Labute approximate surface area is 191 Å². The number of amides is 1. The molecule has 0 radical (unpaired) electrons. The fourth-order valence-electron chi connectivity index (χ4n) is 4.33. The van der Waals surface area contributed by atoms with Crippen molar-refractivity contribution in [3.63, 3.8) is 0 Å². The van der Waals surface area contributed by atoms with E-state index in [1.165, 1.54) is 12.1 Å². The number of nitrogens with one attached hydrogen (secondary N) is 2. The highest BCUT2D eigenvalue weighted by molar-refractivity contribution is 7.89. The largest absolute Gasteiger partial charge is 0.344 e. The van der Waals surface area contributed by atoms with E-state index >= 15 is 0 Å². The van der Waals surface area contributed by atoms with Gasteiger partial charge in [0.1, 0.15) is 5.82 Å². The standard InChI is InChI=1S/C22H24FN3O5S2/c1-32(28,29)25-22(27)12-13-26-20-5-3-2-4-18(20)19-14-16(8-11-21(19)26)24-33(30,31)17-9-6-15(23)7-10-17/h2-7,9-10,16,24H,8,11-14H2,1H3,(H,25,27). The van der Waals surface area contributed by atoms with Crippen LogP contribution in [0.25, 0.3) is 10.9 Å². The number of benzene rings is 2. The number of hydrogen-bond acceptors (Lipinski definition) is 5. The molecule has 2 aromatic carbocycles. The molecule has 33 heavy (non-hydrogen) atoms. The lowest BCUT2D eigenvalue weighted by Gasteiger charge is -2.25. The third kappa shape index (κ3) is 5.26. The molecular formula is C22H24FN3O5S2. The molecule has 0 bridgehead atoms. The van der Waals surface area contributed by atoms with Crippen molar-refractivity contribution >= 4 is 36.9 Å². The molecule has 4 rings (SSSR count). The van der Waals surface area contributed by atoms with Crippen LogP contribution in [0.15, 0.2) is 53.4 Å². The van der Waals surface area contributed by atoms with E-state index in [1.807, 2.05) is 33.6 Å². The number of rotatable bonds is 7. The number of aromatic nitrogens is 1. The molecule has 176 valence electrons. The van der Waals surface area contributed by atoms with Gasteiger partial charge in [0.15, 0.2) is 0 Å². The fraction of sp³-hybridized carbons (Fsp3) is 0.318. The van der Waals surface area contributed by atoms with Crippen LogP contribution in [0.5, 0.6) is 0 Å². The van der Waals surface area contributed by atoms with Gasteiger partial charge in [-0.2, -0.15) is 0 Å². The zero-order chi connectivity index (χ0) is 23.8. The number of fused-ring (bicyclic) bond motifs is 3. The maximum Gasteiger partial charge on any atom is 0.240 e. The maximum absolute atomic E-state index is 13.2. The van der Waals surface area contributed by atoms with Crippen molar-refractivity contribution in [2.45, 2.75) is 43.2 Å². The van der Waals surface area contributed by atoms with Crippen LogP contribution in [0.1, 0.15) is 24.1 Å². The molecule has 3 aromatic rings. The van der Waals surface area contributed by atoms with Gasteiger partial charge in [-0.3, -0.25) is 9.52 Å². The van der Waals surface area contributed by atoms with Crippen molar-refractivity contribution in [2.24, 2.45) is 0 Å². The number of para-hydroxylation sites is 1. The number of sulfonamides is 2. The minimum Gasteiger partial charge on any atom is -0.344 e. The minimum absolute atomic E-state index is 0.00118. The molecule has 0 spiro atoms. The molecule has 1 amide bonds. The Balaban J connectivity index is 1.57. The second-order valence-corrected chi connectivity index (χ2v) is 11.6. The molecule has 0 saturated heterocycles. The Kier molecular flexibility index (Phi) is 6.30. The van der Waals surface area contributed by atoms with Crippen molar-refractivity contribution < 1.29 is 26.0 Å². The normalized spacial score (nSPS) is 16.5. The third-order valence-corrected chi connectivity index (χ3v) is 7.82. The third-order valence-electron chi connectivity index (χ3n) is 5.68. The maximum atomic E-state index is 13.2. The number of aryl methyl sites for hydroxylation is 1. The van der Waals surface area contributed by atoms with Crippen LogP contribution in [0.4, 0.5) is 4.39 Å². The van der Waals surface area contributed by atoms with E-state index in [0.29, 0.717) is 25.8 Å². The number of carbonyl (C=O) groups is 1. The van der Waals surface area contributed by atoms with Crippen molar-refractivity contribution in [2.75, 3.05) is 6.26 Å². The fourth-order valence-corrected chi connectivity index (χ4v) is 6.12. The van der Waals surface area contributed by atoms with Crippen LogP contribution in [0, 0.1) is 5.82 Å². The highest BCUT2D eigenvalue weighted by Gasteiger charge is 2.28. The molecule has 1 atom stereocenters. The van der Waals surface area contributed by atoms with Gasteiger partial charge in [-0.15, -0.1) is 0 Å². The van der Waals surface area contributed by atoms with Crippen LogP contribution < -0.4 is 9.44 Å². The van der Waals surface area contributed by atoms with Crippen molar-refractivity contribution in [1.82, 2.24) is 14.0 Å². The average molecular weight is 494 g/mol. The Bertz CT molecular complexity index is 1410. The molecule has 0 aliphatic heterocycles. The zero-order valence-corrected chi connectivity index (χ0v) is 19.5.